The van der Waals surface area contributed by atoms with E-state index < -0.39 is 13.3 Å². The molecule has 0 aromatic heterocycles. The van der Waals surface area contributed by atoms with Gasteiger partial charge in [0.05, 0.1) is 0 Å². The highest BCUT2D eigenvalue weighted by Gasteiger charge is 1.88. The van der Waals surface area contributed by atoms with E-state index in [0.717, 1.165) is 0 Å². The van der Waals surface area contributed by atoms with E-state index in [1.807, 2.05) is 0 Å². The second-order valence-corrected chi connectivity index (χ2v) is 1.64. The van der Waals surface area contributed by atoms with Crippen LogP contribution in [0.1, 0.15) is 0 Å². The molecule has 0 radical (unpaired) electrons. The Bertz CT molecular complexity index is 118. The molecule has 4 nitrogen and oxygen atoms in total. The van der Waals surface area contributed by atoms with Crippen LogP contribution in [0.3, 0.4) is 0 Å². The van der Waals surface area contributed by atoms with Crippen LogP contribution in [-0.4, -0.2) is 5.58 Å². The van der Waals surface area contributed by atoms with Gasteiger partial charge in [-0.25, -0.2) is 9.13 Å². The Morgan fingerprint density at radius 2 is 1.83 bits per heavy atom. The predicted octanol–water partition coefficient (Wildman–Crippen LogP) is 0.0528. The summed E-state index contributed by atoms with van der Waals surface area (Å²) >= 11 is 0. The molecule has 34 valence electrons. The third kappa shape index (κ3) is 1.67. The van der Waals surface area contributed by atoms with Crippen molar-refractivity contribution in [1.82, 2.24) is 0 Å². The SMILES string of the molecule is N=C(N)P(=O)=O. The van der Waals surface area contributed by atoms with Crippen LogP contribution in [0.4, 0.5) is 0 Å². The molecule has 0 unspecified atom stereocenters. The average Bonchev–Trinajstić information content (AvgIpc) is 1.36. The van der Waals surface area contributed by atoms with E-state index in [-0.39, 0.29) is 0 Å². The Kier molecular flexibility index (Phi) is 1.54. The van der Waals surface area contributed by atoms with Crippen molar-refractivity contribution in [1.29, 1.82) is 5.41 Å². The van der Waals surface area contributed by atoms with Crippen molar-refractivity contribution in [3.63, 3.8) is 0 Å². The molecule has 0 bridgehead atoms. The summed E-state index contributed by atoms with van der Waals surface area (Å²) in [5, 5.41) is 6.13. The van der Waals surface area contributed by atoms with Gasteiger partial charge in [-0.15, -0.1) is 0 Å². The minimum Gasteiger partial charge on any atom is -0.375 e. The smallest absolute Gasteiger partial charge is 0.375 e. The summed E-state index contributed by atoms with van der Waals surface area (Å²) in [5.41, 5.74) is 3.64. The third-order valence-corrected chi connectivity index (χ3v) is 0.590. The number of nitrogens with two attached hydrogens (primary N) is 1. The van der Waals surface area contributed by atoms with Crippen LogP contribution >= 0.6 is 7.68 Å². The largest absolute Gasteiger partial charge is 0.383 e. The van der Waals surface area contributed by atoms with Gasteiger partial charge in [-0.05, 0) is 0 Å². The molecular formula is CH3N2O2P. The Morgan fingerprint density at radius 1 is 1.67 bits per heavy atom. The van der Waals surface area contributed by atoms with Crippen LogP contribution in [-0.2, 0) is 9.13 Å². The monoisotopic (exact) mass is 106 g/mol. The first-order valence-corrected chi connectivity index (χ1v) is 2.30. The molecule has 6 heavy (non-hydrogen) atoms. The summed E-state index contributed by atoms with van der Waals surface area (Å²) in [7, 11) is -2.80. The zero-order valence-electron chi connectivity index (χ0n) is 2.84. The lowest BCUT2D eigenvalue weighted by Gasteiger charge is -1.66. The lowest BCUT2D eigenvalue weighted by Crippen LogP contribution is -1.99. The molecule has 0 saturated carbocycles. The lowest BCUT2D eigenvalue weighted by atomic mass is 11.4. The maximum atomic E-state index is 9.39. The molecule has 0 rings (SSSR count). The summed E-state index contributed by atoms with van der Waals surface area (Å²) in [6.45, 7) is 0. The number of hydrogen-bond donors (Lipinski definition) is 2. The van der Waals surface area contributed by atoms with Crippen LogP contribution < -0.4 is 5.73 Å². The topological polar surface area (TPSA) is 84.0 Å². The van der Waals surface area contributed by atoms with Crippen molar-refractivity contribution in [3.8, 4) is 0 Å². The summed E-state index contributed by atoms with van der Waals surface area (Å²) in [6.07, 6.45) is 0. The number of hydrogen-bond acceptors (Lipinski definition) is 3. The van der Waals surface area contributed by atoms with E-state index in [9.17, 15) is 9.13 Å². The van der Waals surface area contributed by atoms with Gasteiger partial charge >= 0.3 is 7.68 Å². The molecule has 0 aliphatic rings. The van der Waals surface area contributed by atoms with Crippen LogP contribution in [0.5, 0.6) is 0 Å². The van der Waals surface area contributed by atoms with Crippen molar-refractivity contribution < 1.29 is 9.13 Å². The molecule has 0 fully saturated rings. The van der Waals surface area contributed by atoms with E-state index >= 15 is 0 Å². The maximum absolute atomic E-state index is 9.39. The van der Waals surface area contributed by atoms with Crippen LogP contribution in [0, 0.1) is 5.41 Å². The fraction of sp³-hybridized carbons (Fsp3) is 0. The quantitative estimate of drug-likeness (QED) is 0.281. The minimum atomic E-state index is -2.80. The molecule has 0 aromatic rings. The van der Waals surface area contributed by atoms with Crippen molar-refractivity contribution in [2.24, 2.45) is 5.73 Å². The van der Waals surface area contributed by atoms with Gasteiger partial charge in [0, 0.05) is 0 Å². The highest BCUT2D eigenvalue weighted by molar-refractivity contribution is 7.52. The van der Waals surface area contributed by atoms with E-state index in [1.54, 1.807) is 0 Å². The van der Waals surface area contributed by atoms with Crippen molar-refractivity contribution in [2.45, 2.75) is 0 Å². The number of rotatable bonds is 1. The zero-order valence-corrected chi connectivity index (χ0v) is 3.74. The molecule has 0 aliphatic heterocycles. The van der Waals surface area contributed by atoms with Crippen LogP contribution in [0.15, 0.2) is 0 Å². The highest BCUT2D eigenvalue weighted by atomic mass is 31.1. The standard InChI is InChI=1S/CH3N2O2P/c2-1(3)6(4)5/h(H3,2,3). The van der Waals surface area contributed by atoms with Gasteiger partial charge in [-0.1, -0.05) is 0 Å². The van der Waals surface area contributed by atoms with Gasteiger partial charge in [0.2, 0.25) is 5.58 Å². The lowest BCUT2D eigenvalue weighted by molar-refractivity contribution is 0.524. The zero-order chi connectivity index (χ0) is 5.15. The molecule has 0 aromatic carbocycles. The van der Waals surface area contributed by atoms with E-state index in [4.69, 9.17) is 5.41 Å². The highest BCUT2D eigenvalue weighted by Crippen LogP contribution is 1.96. The molecule has 0 atom stereocenters. The first-order valence-electron chi connectivity index (χ1n) is 1.13. The molecule has 0 heterocycles. The molecule has 3 N–H and O–H groups in total. The van der Waals surface area contributed by atoms with Gasteiger partial charge in [0.15, 0.2) is 0 Å². The predicted molar refractivity (Wildman–Crippen MR) is 20.2 cm³/mol. The van der Waals surface area contributed by atoms with Gasteiger partial charge in [0.1, 0.15) is 0 Å². The normalized spacial score (nSPS) is 7.33. The van der Waals surface area contributed by atoms with Crippen molar-refractivity contribution in [3.05, 3.63) is 0 Å². The summed E-state index contributed by atoms with van der Waals surface area (Å²) < 4.78 is 18.8. The average molecular weight is 106 g/mol. The number of nitrogens with one attached hydrogen (secondary N) is 1. The first-order chi connectivity index (χ1) is 2.64. The van der Waals surface area contributed by atoms with E-state index in [1.165, 1.54) is 0 Å². The van der Waals surface area contributed by atoms with Crippen LogP contribution in [0.25, 0.3) is 0 Å². The van der Waals surface area contributed by atoms with Gasteiger partial charge < -0.3 is 5.73 Å². The van der Waals surface area contributed by atoms with Gasteiger partial charge in [0.25, 0.3) is 0 Å². The summed E-state index contributed by atoms with van der Waals surface area (Å²) in [6, 6.07) is 0. The Morgan fingerprint density at radius 3 is 1.83 bits per heavy atom. The summed E-state index contributed by atoms with van der Waals surface area (Å²) in [4.78, 5) is 0. The Labute approximate surface area is 34.7 Å². The first kappa shape index (κ1) is 5.37. The van der Waals surface area contributed by atoms with Crippen molar-refractivity contribution >= 4 is 13.3 Å². The van der Waals surface area contributed by atoms with Gasteiger partial charge in [-0.3, -0.25) is 5.41 Å². The molecule has 0 aliphatic carbocycles. The van der Waals surface area contributed by atoms with E-state index in [0.29, 0.717) is 0 Å². The van der Waals surface area contributed by atoms with Gasteiger partial charge in [-0.2, -0.15) is 0 Å². The molecule has 0 saturated heterocycles. The fourth-order valence-electron chi connectivity index (χ4n) is 0. The fourth-order valence-corrected chi connectivity index (χ4v) is 0. The Balaban J connectivity index is 3.94. The Hall–Kier alpha value is -0.630. The number of amidine groups is 1. The van der Waals surface area contributed by atoms with E-state index in [2.05, 4.69) is 5.73 Å². The second-order valence-electron chi connectivity index (χ2n) is 0.642. The minimum absolute atomic E-state index is 0.787. The molecular weight excluding hydrogens is 103 g/mol. The molecule has 5 heteroatoms. The summed E-state index contributed by atoms with van der Waals surface area (Å²) in [5.74, 6) is 0. The maximum Gasteiger partial charge on any atom is 0.383 e. The molecule has 0 spiro atoms. The second kappa shape index (κ2) is 1.72. The van der Waals surface area contributed by atoms with Crippen LogP contribution in [0.2, 0.25) is 0 Å². The third-order valence-electron chi connectivity index (χ3n) is 0.197. The van der Waals surface area contributed by atoms with Crippen molar-refractivity contribution in [2.75, 3.05) is 0 Å². The molecule has 0 amide bonds.